The van der Waals surface area contributed by atoms with Crippen LogP contribution in [0.5, 0.6) is 0 Å². The van der Waals surface area contributed by atoms with Gasteiger partial charge in [0.05, 0.1) is 25.1 Å². The van der Waals surface area contributed by atoms with E-state index in [2.05, 4.69) is 9.80 Å². The van der Waals surface area contributed by atoms with Gasteiger partial charge in [-0.05, 0) is 44.1 Å². The lowest BCUT2D eigenvalue weighted by molar-refractivity contribution is 0.0331. The fraction of sp³-hybridized carbons (Fsp3) is 0.714. The largest absolute Gasteiger partial charge is 0.379 e. The van der Waals surface area contributed by atoms with Gasteiger partial charge in [-0.3, -0.25) is 4.90 Å². The molecule has 0 N–H and O–H groups in total. The third-order valence-corrected chi connectivity index (χ3v) is 7.40. The number of ether oxygens (including phenoxy) is 1. The normalized spacial score (nSPS) is 22.0. The van der Waals surface area contributed by atoms with Crippen LogP contribution < -0.4 is 4.90 Å². The molecule has 2 fully saturated rings. The summed E-state index contributed by atoms with van der Waals surface area (Å²) < 4.78 is 5.51. The molecule has 27 heavy (non-hydrogen) atoms. The van der Waals surface area contributed by atoms with E-state index in [4.69, 9.17) is 14.7 Å². The van der Waals surface area contributed by atoms with Crippen LogP contribution in [0.1, 0.15) is 54.8 Å². The lowest BCUT2D eigenvalue weighted by Crippen LogP contribution is -2.36. The highest BCUT2D eigenvalue weighted by Gasteiger charge is 2.25. The van der Waals surface area contributed by atoms with Crippen molar-refractivity contribution in [3.05, 3.63) is 16.3 Å². The van der Waals surface area contributed by atoms with Gasteiger partial charge >= 0.3 is 0 Å². The first-order valence-electron chi connectivity index (χ1n) is 10.7. The van der Waals surface area contributed by atoms with Crippen LogP contribution in [0.3, 0.4) is 0 Å². The Bertz CT molecular complexity index is 791. The predicted octanol–water partition coefficient (Wildman–Crippen LogP) is 3.78. The average Bonchev–Trinajstić information content (AvgIpc) is 2.87. The Morgan fingerprint density at radius 2 is 1.63 bits per heavy atom. The number of rotatable bonds is 3. The van der Waals surface area contributed by atoms with Crippen LogP contribution in [0.2, 0.25) is 0 Å². The molecule has 0 bridgehead atoms. The van der Waals surface area contributed by atoms with Crippen molar-refractivity contribution in [2.24, 2.45) is 0 Å². The van der Waals surface area contributed by atoms with Crippen LogP contribution >= 0.6 is 11.3 Å². The molecule has 2 aromatic heterocycles. The highest BCUT2D eigenvalue weighted by molar-refractivity contribution is 7.19. The number of nitrogens with zero attached hydrogens (tertiary/aromatic N) is 4. The minimum atomic E-state index is 0.828. The molecule has 5 nitrogen and oxygen atoms in total. The maximum Gasteiger partial charge on any atom is 0.146 e. The van der Waals surface area contributed by atoms with Crippen LogP contribution in [-0.2, 0) is 24.1 Å². The van der Waals surface area contributed by atoms with Crippen molar-refractivity contribution in [3.8, 4) is 0 Å². The molecule has 2 saturated heterocycles. The predicted molar refractivity (Wildman–Crippen MR) is 111 cm³/mol. The maximum atomic E-state index is 5.51. The second kappa shape index (κ2) is 8.02. The SMILES string of the molecule is C1CCCN(c2nc(CN3CCOCC3)nc3sc4c(c23)CCCC4)CC1. The van der Waals surface area contributed by atoms with Gasteiger partial charge in [0.15, 0.2) is 0 Å². The summed E-state index contributed by atoms with van der Waals surface area (Å²) >= 11 is 1.94. The number of aryl methyl sites for hydroxylation is 2. The van der Waals surface area contributed by atoms with E-state index in [9.17, 15) is 0 Å². The molecule has 0 atom stereocenters. The van der Waals surface area contributed by atoms with Crippen LogP contribution in [0.15, 0.2) is 0 Å². The summed E-state index contributed by atoms with van der Waals surface area (Å²) in [4.78, 5) is 18.0. The molecular weight excluding hydrogens is 356 g/mol. The van der Waals surface area contributed by atoms with Gasteiger partial charge in [0.25, 0.3) is 0 Å². The van der Waals surface area contributed by atoms with Gasteiger partial charge in [0.2, 0.25) is 0 Å². The first-order valence-corrected chi connectivity index (χ1v) is 11.6. The van der Waals surface area contributed by atoms with Crippen LogP contribution in [0, 0.1) is 0 Å². The van der Waals surface area contributed by atoms with E-state index < -0.39 is 0 Å². The average molecular weight is 387 g/mol. The fourth-order valence-corrected chi connectivity index (χ4v) is 6.00. The number of hydrogen-bond donors (Lipinski definition) is 0. The van der Waals surface area contributed by atoms with Crippen molar-refractivity contribution in [1.29, 1.82) is 0 Å². The summed E-state index contributed by atoms with van der Waals surface area (Å²) in [6, 6.07) is 0. The molecule has 0 aromatic carbocycles. The van der Waals surface area contributed by atoms with Crippen molar-refractivity contribution >= 4 is 27.4 Å². The Balaban J connectivity index is 1.56. The number of fused-ring (bicyclic) bond motifs is 3. The molecule has 0 spiro atoms. The topological polar surface area (TPSA) is 41.5 Å². The number of hydrogen-bond acceptors (Lipinski definition) is 6. The van der Waals surface area contributed by atoms with Gasteiger partial charge in [0.1, 0.15) is 16.5 Å². The zero-order valence-corrected chi connectivity index (χ0v) is 17.0. The lowest BCUT2D eigenvalue weighted by atomic mass is 9.97. The second-order valence-corrected chi connectivity index (χ2v) is 9.23. The quantitative estimate of drug-likeness (QED) is 0.803. The zero-order chi connectivity index (χ0) is 18.1. The van der Waals surface area contributed by atoms with Crippen LogP contribution in [0.25, 0.3) is 10.2 Å². The first kappa shape index (κ1) is 17.8. The molecule has 0 saturated carbocycles. The minimum absolute atomic E-state index is 0.828. The molecule has 2 aromatic rings. The van der Waals surface area contributed by atoms with E-state index in [1.807, 2.05) is 11.3 Å². The molecule has 5 rings (SSSR count). The van der Waals surface area contributed by atoms with Crippen molar-refractivity contribution in [2.45, 2.75) is 57.9 Å². The Hall–Kier alpha value is -1.24. The summed E-state index contributed by atoms with van der Waals surface area (Å²) in [5.74, 6) is 2.24. The van der Waals surface area contributed by atoms with Crippen LogP contribution in [-0.4, -0.2) is 54.3 Å². The van der Waals surface area contributed by atoms with E-state index >= 15 is 0 Å². The van der Waals surface area contributed by atoms with Crippen molar-refractivity contribution in [2.75, 3.05) is 44.3 Å². The summed E-state index contributed by atoms with van der Waals surface area (Å²) in [6.45, 7) is 6.77. The Morgan fingerprint density at radius 3 is 2.44 bits per heavy atom. The highest BCUT2D eigenvalue weighted by atomic mass is 32.1. The van der Waals surface area contributed by atoms with Crippen LogP contribution in [0.4, 0.5) is 5.82 Å². The second-order valence-electron chi connectivity index (χ2n) is 8.14. The molecule has 0 amide bonds. The first-order chi connectivity index (χ1) is 13.4. The van der Waals surface area contributed by atoms with Gasteiger partial charge < -0.3 is 9.64 Å². The molecule has 1 aliphatic carbocycles. The molecule has 0 unspecified atom stereocenters. The van der Waals surface area contributed by atoms with Crippen molar-refractivity contribution < 1.29 is 4.74 Å². The fourth-order valence-electron chi connectivity index (χ4n) is 4.72. The lowest BCUT2D eigenvalue weighted by Gasteiger charge is -2.27. The van der Waals surface area contributed by atoms with Gasteiger partial charge in [-0.2, -0.15) is 0 Å². The molecular formula is C21H30N4OS. The zero-order valence-electron chi connectivity index (χ0n) is 16.2. The molecule has 0 radical (unpaired) electrons. The summed E-state index contributed by atoms with van der Waals surface area (Å²) in [6.07, 6.45) is 10.4. The van der Waals surface area contributed by atoms with E-state index in [1.54, 1.807) is 10.4 Å². The third kappa shape index (κ3) is 3.71. The number of thiophene rings is 1. The molecule has 2 aliphatic heterocycles. The Morgan fingerprint density at radius 1 is 0.852 bits per heavy atom. The molecule has 4 heterocycles. The van der Waals surface area contributed by atoms with E-state index in [0.717, 1.165) is 51.8 Å². The van der Waals surface area contributed by atoms with Gasteiger partial charge in [0, 0.05) is 31.1 Å². The van der Waals surface area contributed by atoms with E-state index in [0.29, 0.717) is 0 Å². The van der Waals surface area contributed by atoms with E-state index in [-0.39, 0.29) is 0 Å². The van der Waals surface area contributed by atoms with Gasteiger partial charge in [-0.25, -0.2) is 9.97 Å². The summed E-state index contributed by atoms with van der Waals surface area (Å²) in [7, 11) is 0. The van der Waals surface area contributed by atoms with E-state index in [1.165, 1.54) is 67.4 Å². The smallest absolute Gasteiger partial charge is 0.146 e. The van der Waals surface area contributed by atoms with Gasteiger partial charge in [-0.1, -0.05) is 12.8 Å². The molecule has 6 heteroatoms. The third-order valence-electron chi connectivity index (χ3n) is 6.22. The Labute approximate surface area is 165 Å². The van der Waals surface area contributed by atoms with Gasteiger partial charge in [-0.15, -0.1) is 11.3 Å². The Kier molecular flexibility index (Phi) is 5.29. The standard InChI is InChI=1S/C21H30N4OS/c1-2-6-10-25(9-5-1)20-19-16-7-3-4-8-17(16)27-21(19)23-18(22-20)15-24-11-13-26-14-12-24/h1-15H2. The monoisotopic (exact) mass is 386 g/mol. The number of anilines is 1. The number of morpholine rings is 1. The molecule has 3 aliphatic rings. The minimum Gasteiger partial charge on any atom is -0.379 e. The summed E-state index contributed by atoms with van der Waals surface area (Å²) in [5, 5.41) is 1.39. The maximum absolute atomic E-state index is 5.51. The molecule has 146 valence electrons. The number of aromatic nitrogens is 2. The van der Waals surface area contributed by atoms with Crippen molar-refractivity contribution in [3.63, 3.8) is 0 Å². The van der Waals surface area contributed by atoms with Crippen molar-refractivity contribution in [1.82, 2.24) is 14.9 Å². The summed E-state index contributed by atoms with van der Waals surface area (Å²) in [5.41, 5.74) is 1.57. The highest BCUT2D eigenvalue weighted by Crippen LogP contribution is 2.40.